The molecule has 1 rings (SSSR count). The first-order valence-corrected chi connectivity index (χ1v) is 11.4. The normalized spacial score (nSPS) is 21.4. The van der Waals surface area contributed by atoms with Crippen LogP contribution in [0, 0.1) is 23.2 Å². The molecule has 32 heavy (non-hydrogen) atoms. The first-order chi connectivity index (χ1) is 14.8. The maximum Gasteiger partial charge on any atom is 0.475 e. The van der Waals surface area contributed by atoms with E-state index in [0.717, 1.165) is 5.57 Å². The van der Waals surface area contributed by atoms with E-state index in [2.05, 4.69) is 27.0 Å². The van der Waals surface area contributed by atoms with Gasteiger partial charge in [0.15, 0.2) is 5.96 Å². The number of nitrogens with one attached hydrogen (secondary N) is 3. The molecule has 2 unspecified atom stereocenters. The summed E-state index contributed by atoms with van der Waals surface area (Å²) in [6, 6.07) is -0.791. The van der Waals surface area contributed by atoms with Gasteiger partial charge >= 0.3 is 7.12 Å². The van der Waals surface area contributed by atoms with Gasteiger partial charge in [-0.15, -0.1) is 0 Å². The number of carbonyl (C=O) groups excluding carboxylic acids is 2. The molecule has 10 heteroatoms. The predicted molar refractivity (Wildman–Crippen MR) is 128 cm³/mol. The topological polar surface area (TPSA) is 149 Å². The number of hydrogen-bond acceptors (Lipinski definition) is 5. The summed E-state index contributed by atoms with van der Waals surface area (Å²) in [4.78, 5) is 29.9. The van der Waals surface area contributed by atoms with Gasteiger partial charge in [-0.3, -0.25) is 14.6 Å². The van der Waals surface area contributed by atoms with Crippen LogP contribution in [-0.2, 0) is 9.59 Å². The molecule has 0 aromatic heterocycles. The van der Waals surface area contributed by atoms with Gasteiger partial charge in [-0.25, -0.2) is 0 Å². The summed E-state index contributed by atoms with van der Waals surface area (Å²) in [7, 11) is -0.0990. The van der Waals surface area contributed by atoms with Gasteiger partial charge in [-0.1, -0.05) is 39.3 Å². The highest BCUT2D eigenvalue weighted by Gasteiger charge is 2.60. The van der Waals surface area contributed by atoms with Gasteiger partial charge in [0.1, 0.15) is 6.04 Å². The van der Waals surface area contributed by atoms with E-state index >= 15 is 0 Å². The number of amides is 2. The first kappa shape index (κ1) is 28.0. The minimum atomic E-state index is -1.68. The summed E-state index contributed by atoms with van der Waals surface area (Å²) >= 11 is 0. The Balaban J connectivity index is 2.88. The molecule has 4 atom stereocenters. The maximum absolute atomic E-state index is 13.0. The van der Waals surface area contributed by atoms with E-state index in [4.69, 9.17) is 5.73 Å². The van der Waals surface area contributed by atoms with Crippen LogP contribution in [0.3, 0.4) is 0 Å². The van der Waals surface area contributed by atoms with Gasteiger partial charge in [-0.05, 0) is 50.4 Å². The van der Waals surface area contributed by atoms with Crippen molar-refractivity contribution in [2.24, 2.45) is 33.9 Å². The van der Waals surface area contributed by atoms with Crippen molar-refractivity contribution >= 4 is 24.9 Å². The number of allylic oxidation sites excluding steroid dienone is 2. The molecule has 0 bridgehead atoms. The highest BCUT2D eigenvalue weighted by Crippen LogP contribution is 2.59. The molecule has 0 saturated heterocycles. The van der Waals surface area contributed by atoms with E-state index in [9.17, 15) is 19.6 Å². The van der Waals surface area contributed by atoms with E-state index in [1.807, 2.05) is 41.5 Å². The molecule has 0 spiro atoms. The zero-order chi connectivity index (χ0) is 24.6. The van der Waals surface area contributed by atoms with Gasteiger partial charge in [0.2, 0.25) is 11.8 Å². The van der Waals surface area contributed by atoms with Crippen molar-refractivity contribution in [3.05, 3.63) is 11.6 Å². The van der Waals surface area contributed by atoms with Crippen molar-refractivity contribution < 1.29 is 19.6 Å². The van der Waals surface area contributed by atoms with Crippen molar-refractivity contribution in [1.82, 2.24) is 16.0 Å². The lowest BCUT2D eigenvalue weighted by molar-refractivity contribution is -0.130. The first-order valence-electron chi connectivity index (χ1n) is 11.4. The number of aliphatic imine (C=N–C) groups is 1. The Morgan fingerprint density at radius 2 is 1.84 bits per heavy atom. The van der Waals surface area contributed by atoms with Gasteiger partial charge in [0.05, 0.1) is 11.9 Å². The average molecular weight is 451 g/mol. The van der Waals surface area contributed by atoms with Gasteiger partial charge in [0, 0.05) is 13.6 Å². The number of nitrogens with two attached hydrogens (primary N) is 1. The van der Waals surface area contributed by atoms with Crippen molar-refractivity contribution in [2.75, 3.05) is 13.6 Å². The van der Waals surface area contributed by atoms with Crippen LogP contribution in [0.15, 0.2) is 16.6 Å². The smallest absolute Gasteiger partial charge is 0.426 e. The summed E-state index contributed by atoms with van der Waals surface area (Å²) in [6.07, 6.45) is 3.46. The third kappa shape index (κ3) is 8.46. The zero-order valence-corrected chi connectivity index (χ0v) is 20.6. The molecular weight excluding hydrogens is 409 g/mol. The number of nitrogens with zero attached hydrogens (tertiary/aromatic N) is 1. The summed E-state index contributed by atoms with van der Waals surface area (Å²) in [6.45, 7) is 12.5. The lowest BCUT2D eigenvalue weighted by Gasteiger charge is -2.24. The fourth-order valence-electron chi connectivity index (χ4n) is 4.03. The second-order valence-corrected chi connectivity index (χ2v) is 9.97. The molecule has 1 saturated carbocycles. The van der Waals surface area contributed by atoms with Gasteiger partial charge < -0.3 is 31.7 Å². The summed E-state index contributed by atoms with van der Waals surface area (Å²) in [5.41, 5.74) is 6.62. The quantitative estimate of drug-likeness (QED) is 0.0840. The van der Waals surface area contributed by atoms with Crippen LogP contribution in [0.5, 0.6) is 0 Å². The van der Waals surface area contributed by atoms with Gasteiger partial charge in [0.25, 0.3) is 0 Å². The van der Waals surface area contributed by atoms with Crippen LogP contribution in [0.2, 0.25) is 0 Å². The molecule has 1 fully saturated rings. The van der Waals surface area contributed by atoms with Crippen LogP contribution < -0.4 is 21.7 Å². The van der Waals surface area contributed by atoms with Crippen LogP contribution in [0.1, 0.15) is 60.8 Å². The molecule has 0 heterocycles. The second kappa shape index (κ2) is 12.2. The molecule has 0 radical (unpaired) electrons. The second-order valence-electron chi connectivity index (χ2n) is 9.97. The van der Waals surface area contributed by atoms with E-state index in [1.54, 1.807) is 7.05 Å². The maximum atomic E-state index is 13.0. The van der Waals surface area contributed by atoms with Crippen LogP contribution >= 0.6 is 0 Å². The number of rotatable bonds is 12. The summed E-state index contributed by atoms with van der Waals surface area (Å²) in [5.74, 6) is -1.00. The lowest BCUT2D eigenvalue weighted by atomic mass is 9.75. The largest absolute Gasteiger partial charge is 0.475 e. The fourth-order valence-corrected chi connectivity index (χ4v) is 4.03. The van der Waals surface area contributed by atoms with Crippen molar-refractivity contribution in [2.45, 2.75) is 72.8 Å². The third-order valence-corrected chi connectivity index (χ3v) is 5.97. The van der Waals surface area contributed by atoms with E-state index < -0.39 is 25.0 Å². The summed E-state index contributed by atoms with van der Waals surface area (Å²) < 4.78 is 0. The Labute approximate surface area is 192 Å². The highest BCUT2D eigenvalue weighted by atomic mass is 16.4. The third-order valence-electron chi connectivity index (χ3n) is 5.97. The van der Waals surface area contributed by atoms with Crippen molar-refractivity contribution in [3.8, 4) is 0 Å². The molecule has 2 amide bonds. The predicted octanol–water partition coefficient (Wildman–Crippen LogP) is 0.567. The van der Waals surface area contributed by atoms with Gasteiger partial charge in [-0.2, -0.15) is 0 Å². The Bertz CT molecular complexity index is 704. The molecule has 182 valence electrons. The highest BCUT2D eigenvalue weighted by molar-refractivity contribution is 6.43. The number of carbonyl (C=O) groups is 2. The molecule has 0 aliphatic heterocycles. The van der Waals surface area contributed by atoms with Crippen molar-refractivity contribution in [1.29, 1.82) is 0 Å². The molecule has 0 aromatic rings. The average Bonchev–Trinajstić information content (AvgIpc) is 3.21. The van der Waals surface area contributed by atoms with E-state index in [1.165, 1.54) is 0 Å². The van der Waals surface area contributed by atoms with Crippen molar-refractivity contribution in [3.63, 3.8) is 0 Å². The fraction of sp³-hybridized carbons (Fsp3) is 0.773. The molecule has 9 nitrogen and oxygen atoms in total. The van der Waals surface area contributed by atoms with Crippen LogP contribution in [0.25, 0.3) is 0 Å². The zero-order valence-electron chi connectivity index (χ0n) is 20.6. The Hall–Kier alpha value is -2.07. The molecule has 1 aliphatic carbocycles. The number of hydrogen-bond donors (Lipinski definition) is 6. The standard InChI is InChI=1S/C22H42BN5O4/c1-13(2)11-15-18(22(15,5)6)20(30)27-16(9-8-10-26-21(24)25-7)19(29)28-17(23(31)32)12-14(3)4/h11,14-18,31-32H,8-10,12H2,1-7H3,(H,27,30)(H,28,29)(H3,24,25,26)/t15?,16-,17-,18?/m0/s1. The minimum Gasteiger partial charge on any atom is -0.426 e. The number of guanidine groups is 1. The summed E-state index contributed by atoms with van der Waals surface area (Å²) in [5, 5.41) is 27.9. The molecular formula is C22H42BN5O4. The van der Waals surface area contributed by atoms with Crippen LogP contribution in [0.4, 0.5) is 0 Å². The molecule has 7 N–H and O–H groups in total. The SMILES string of the molecule is CN=C(N)NCCC[C@H](NC(=O)C1C(C=C(C)C)C1(C)C)C(=O)N[C@@H](CC(C)C)B(O)O. The Morgan fingerprint density at radius 3 is 2.34 bits per heavy atom. The minimum absolute atomic E-state index is 0.131. The molecule has 0 aromatic carbocycles. The van der Waals surface area contributed by atoms with E-state index in [0.29, 0.717) is 31.8 Å². The molecule has 1 aliphatic rings. The Morgan fingerprint density at radius 1 is 1.22 bits per heavy atom. The lowest BCUT2D eigenvalue weighted by Crippen LogP contribution is -2.54. The Kier molecular flexibility index (Phi) is 10.7. The van der Waals surface area contributed by atoms with E-state index in [-0.39, 0.29) is 29.1 Å². The monoisotopic (exact) mass is 451 g/mol. The van der Waals surface area contributed by atoms with Crippen LogP contribution in [-0.4, -0.2) is 60.5 Å².